The van der Waals surface area contributed by atoms with Crippen LogP contribution in [0.1, 0.15) is 35.1 Å². The highest BCUT2D eigenvalue weighted by atomic mass is 16.5. The molecule has 3 aromatic carbocycles. The maximum atomic E-state index is 10.7. The first-order valence-corrected chi connectivity index (χ1v) is 12.5. The van der Waals surface area contributed by atoms with Gasteiger partial charge >= 0.3 is 0 Å². The van der Waals surface area contributed by atoms with Crippen molar-refractivity contribution in [3.8, 4) is 5.75 Å². The van der Waals surface area contributed by atoms with Crippen LogP contribution in [0.15, 0.2) is 48.5 Å². The summed E-state index contributed by atoms with van der Waals surface area (Å²) in [5.41, 5.74) is 6.80. The number of benzene rings is 3. The highest BCUT2D eigenvalue weighted by Crippen LogP contribution is 2.36. The molecule has 33 heavy (non-hydrogen) atoms. The molecular weight excluding hydrogens is 408 g/mol. The van der Waals surface area contributed by atoms with Crippen molar-refractivity contribution in [2.45, 2.75) is 45.6 Å². The molecule has 174 valence electrons. The lowest BCUT2D eigenvalue weighted by Crippen LogP contribution is -2.49. The van der Waals surface area contributed by atoms with Gasteiger partial charge in [0.15, 0.2) is 0 Å². The number of aliphatic hydroxyl groups is 1. The van der Waals surface area contributed by atoms with Crippen molar-refractivity contribution in [3.63, 3.8) is 0 Å². The van der Waals surface area contributed by atoms with Gasteiger partial charge in [-0.05, 0) is 90.8 Å². The molecular formula is C29H36N2O2. The van der Waals surface area contributed by atoms with E-state index >= 15 is 0 Å². The summed E-state index contributed by atoms with van der Waals surface area (Å²) < 4.78 is 6.24. The second-order valence-electron chi connectivity index (χ2n) is 9.78. The number of aryl methyl sites for hydroxylation is 3. The fourth-order valence-corrected chi connectivity index (χ4v) is 5.38. The molecule has 1 atom stereocenters. The van der Waals surface area contributed by atoms with Gasteiger partial charge in [0.1, 0.15) is 18.5 Å². The van der Waals surface area contributed by atoms with Gasteiger partial charge < -0.3 is 14.7 Å². The van der Waals surface area contributed by atoms with E-state index in [2.05, 4.69) is 72.2 Å². The fraction of sp³-hybridized carbons (Fsp3) is 0.448. The Hall–Kier alpha value is -2.56. The van der Waals surface area contributed by atoms with Gasteiger partial charge in [0.2, 0.25) is 0 Å². The molecule has 1 aliphatic heterocycles. The molecule has 1 fully saturated rings. The van der Waals surface area contributed by atoms with Crippen LogP contribution in [0.25, 0.3) is 10.8 Å². The molecule has 0 spiro atoms. The number of ether oxygens (including phenoxy) is 1. The Labute approximate surface area is 197 Å². The first-order chi connectivity index (χ1) is 16.1. The first kappa shape index (κ1) is 22.2. The van der Waals surface area contributed by atoms with E-state index in [0.29, 0.717) is 13.2 Å². The summed E-state index contributed by atoms with van der Waals surface area (Å²) in [6, 6.07) is 17.5. The van der Waals surface area contributed by atoms with E-state index in [9.17, 15) is 5.11 Å². The van der Waals surface area contributed by atoms with Gasteiger partial charge in [0, 0.05) is 38.4 Å². The summed E-state index contributed by atoms with van der Waals surface area (Å²) >= 11 is 0. The lowest BCUT2D eigenvalue weighted by Gasteiger charge is -2.37. The molecule has 5 rings (SSSR count). The molecule has 0 aromatic heterocycles. The summed E-state index contributed by atoms with van der Waals surface area (Å²) in [6.45, 7) is 9.28. The van der Waals surface area contributed by atoms with Crippen LogP contribution < -0.4 is 9.64 Å². The smallest absolute Gasteiger partial charge is 0.123 e. The Kier molecular flexibility index (Phi) is 6.57. The van der Waals surface area contributed by atoms with E-state index in [1.807, 2.05) is 0 Å². The molecule has 1 heterocycles. The zero-order valence-corrected chi connectivity index (χ0v) is 20.0. The van der Waals surface area contributed by atoms with Crippen LogP contribution in [-0.4, -0.2) is 55.4 Å². The predicted molar refractivity (Wildman–Crippen MR) is 137 cm³/mol. The number of fused-ring (bicyclic) bond motifs is 3. The fourth-order valence-electron chi connectivity index (χ4n) is 5.38. The third kappa shape index (κ3) is 4.87. The van der Waals surface area contributed by atoms with Crippen molar-refractivity contribution in [2.75, 3.05) is 44.2 Å². The summed E-state index contributed by atoms with van der Waals surface area (Å²) in [7, 11) is 0. The zero-order chi connectivity index (χ0) is 22.8. The van der Waals surface area contributed by atoms with Gasteiger partial charge in [0.05, 0.1) is 0 Å². The summed E-state index contributed by atoms with van der Waals surface area (Å²) in [4.78, 5) is 4.81. The van der Waals surface area contributed by atoms with E-state index in [1.165, 1.54) is 51.6 Å². The van der Waals surface area contributed by atoms with Crippen LogP contribution >= 0.6 is 0 Å². The van der Waals surface area contributed by atoms with Crippen LogP contribution in [0.4, 0.5) is 5.69 Å². The van der Waals surface area contributed by atoms with E-state index in [-0.39, 0.29) is 0 Å². The minimum absolute atomic E-state index is 0.349. The summed E-state index contributed by atoms with van der Waals surface area (Å²) in [5, 5.41) is 13.4. The van der Waals surface area contributed by atoms with E-state index in [4.69, 9.17) is 4.74 Å². The Morgan fingerprint density at radius 2 is 1.64 bits per heavy atom. The Balaban J connectivity index is 1.18. The van der Waals surface area contributed by atoms with Gasteiger partial charge in [0.25, 0.3) is 0 Å². The number of piperazine rings is 1. The summed E-state index contributed by atoms with van der Waals surface area (Å²) in [6.07, 6.45) is 4.18. The first-order valence-electron chi connectivity index (χ1n) is 12.5. The number of nitrogens with zero attached hydrogens (tertiary/aromatic N) is 2. The number of hydrogen-bond donors (Lipinski definition) is 1. The van der Waals surface area contributed by atoms with Crippen LogP contribution in [0.2, 0.25) is 0 Å². The molecule has 0 saturated carbocycles. The monoisotopic (exact) mass is 444 g/mol. The molecule has 0 amide bonds. The van der Waals surface area contributed by atoms with Crippen molar-refractivity contribution in [1.29, 1.82) is 0 Å². The number of β-amino-alcohol motifs (C(OH)–C–C–N with tert-alkyl or cyclic N) is 1. The van der Waals surface area contributed by atoms with Crippen LogP contribution in [-0.2, 0) is 12.8 Å². The molecule has 4 heteroatoms. The van der Waals surface area contributed by atoms with Gasteiger partial charge in [-0.15, -0.1) is 0 Å². The third-order valence-corrected chi connectivity index (χ3v) is 7.47. The maximum Gasteiger partial charge on any atom is 0.123 e. The van der Waals surface area contributed by atoms with Crippen molar-refractivity contribution in [1.82, 2.24) is 4.90 Å². The van der Waals surface area contributed by atoms with Crippen molar-refractivity contribution >= 4 is 16.5 Å². The molecule has 0 radical (unpaired) electrons. The molecule has 1 N–H and O–H groups in total. The van der Waals surface area contributed by atoms with Crippen LogP contribution in [0, 0.1) is 13.8 Å². The van der Waals surface area contributed by atoms with Gasteiger partial charge in [-0.3, -0.25) is 4.90 Å². The molecule has 0 unspecified atom stereocenters. The molecule has 4 nitrogen and oxygen atoms in total. The SMILES string of the molecule is Cc1ccc(N2CCN(C[C@@H](O)COc3cc4ccccc4c4c3CCCC4)CC2)cc1C. The lowest BCUT2D eigenvalue weighted by atomic mass is 9.87. The minimum Gasteiger partial charge on any atom is -0.491 e. The second kappa shape index (κ2) is 9.74. The molecule has 3 aromatic rings. The standard InChI is InChI=1S/C29H36N2O2/c1-21-11-12-24(17-22(21)2)31-15-13-30(14-16-31)19-25(32)20-33-29-18-23-7-3-4-8-26(23)27-9-5-6-10-28(27)29/h3-4,7-8,11-12,17-18,25,32H,5-6,9-10,13-16,19-20H2,1-2H3/t25-/m1/s1. The lowest BCUT2D eigenvalue weighted by molar-refractivity contribution is 0.0659. The number of anilines is 1. The van der Waals surface area contributed by atoms with E-state index in [0.717, 1.165) is 44.8 Å². The minimum atomic E-state index is -0.483. The number of hydrogen-bond acceptors (Lipinski definition) is 4. The average Bonchev–Trinajstić information content (AvgIpc) is 2.85. The predicted octanol–water partition coefficient (Wildman–Crippen LogP) is 4.90. The quantitative estimate of drug-likeness (QED) is 0.587. The number of rotatable bonds is 6. The van der Waals surface area contributed by atoms with E-state index < -0.39 is 6.10 Å². The average molecular weight is 445 g/mol. The molecule has 0 bridgehead atoms. The zero-order valence-electron chi connectivity index (χ0n) is 20.0. The van der Waals surface area contributed by atoms with Crippen LogP contribution in [0.5, 0.6) is 5.75 Å². The van der Waals surface area contributed by atoms with Crippen LogP contribution in [0.3, 0.4) is 0 Å². The van der Waals surface area contributed by atoms with Gasteiger partial charge in [-0.2, -0.15) is 0 Å². The van der Waals surface area contributed by atoms with Gasteiger partial charge in [-0.25, -0.2) is 0 Å². The van der Waals surface area contributed by atoms with Crippen molar-refractivity contribution < 1.29 is 9.84 Å². The second-order valence-corrected chi connectivity index (χ2v) is 9.78. The summed E-state index contributed by atoms with van der Waals surface area (Å²) in [5.74, 6) is 0.974. The third-order valence-electron chi connectivity index (χ3n) is 7.47. The highest BCUT2D eigenvalue weighted by Gasteiger charge is 2.22. The molecule has 2 aliphatic rings. The molecule has 1 saturated heterocycles. The largest absolute Gasteiger partial charge is 0.491 e. The Bertz CT molecular complexity index is 1120. The maximum absolute atomic E-state index is 10.7. The Morgan fingerprint density at radius 1 is 0.879 bits per heavy atom. The van der Waals surface area contributed by atoms with Gasteiger partial charge in [-0.1, -0.05) is 30.3 Å². The van der Waals surface area contributed by atoms with Crippen molar-refractivity contribution in [2.24, 2.45) is 0 Å². The normalized spacial score (nSPS) is 17.7. The number of aliphatic hydroxyl groups excluding tert-OH is 1. The van der Waals surface area contributed by atoms with Crippen molar-refractivity contribution in [3.05, 3.63) is 70.8 Å². The highest BCUT2D eigenvalue weighted by molar-refractivity contribution is 5.89. The topological polar surface area (TPSA) is 35.9 Å². The van der Waals surface area contributed by atoms with E-state index in [1.54, 1.807) is 0 Å². The Morgan fingerprint density at radius 3 is 2.42 bits per heavy atom. The molecule has 1 aliphatic carbocycles.